The Kier molecular flexibility index (Phi) is 5.43. The second kappa shape index (κ2) is 6.61. The number of nitrogens with one attached hydrogen (secondary N) is 1. The van der Waals surface area contributed by atoms with Crippen LogP contribution in [0.4, 0.5) is 0 Å². The van der Waals surface area contributed by atoms with E-state index in [1.807, 2.05) is 20.2 Å². The summed E-state index contributed by atoms with van der Waals surface area (Å²) in [4.78, 5) is 4.32. The molecule has 3 nitrogen and oxygen atoms in total. The fourth-order valence-corrected chi connectivity index (χ4v) is 1.68. The number of hydrogen-bond donors (Lipinski definition) is 1. The molecule has 0 aliphatic carbocycles. The first-order chi connectivity index (χ1) is 7.67. The van der Waals surface area contributed by atoms with Crippen molar-refractivity contribution in [2.45, 2.75) is 38.8 Å². The third-order valence-corrected chi connectivity index (χ3v) is 2.95. The van der Waals surface area contributed by atoms with Crippen molar-refractivity contribution in [3.8, 4) is 0 Å². The van der Waals surface area contributed by atoms with Crippen LogP contribution in [0.5, 0.6) is 0 Å². The average molecular weight is 222 g/mol. The molecule has 0 aliphatic heterocycles. The van der Waals surface area contributed by atoms with Crippen LogP contribution < -0.4 is 5.32 Å². The fraction of sp³-hybridized carbons (Fsp3) is 0.615. The van der Waals surface area contributed by atoms with Crippen LogP contribution in [-0.2, 0) is 4.74 Å². The van der Waals surface area contributed by atoms with Gasteiger partial charge in [-0.05, 0) is 45.4 Å². The number of pyridine rings is 1. The zero-order valence-electron chi connectivity index (χ0n) is 10.7. The maximum Gasteiger partial charge on any atom is 0.0543 e. The summed E-state index contributed by atoms with van der Waals surface area (Å²) in [6.07, 6.45) is 4.38. The van der Waals surface area contributed by atoms with Crippen molar-refractivity contribution in [2.24, 2.45) is 0 Å². The zero-order valence-corrected chi connectivity index (χ0v) is 10.7. The van der Waals surface area contributed by atoms with Gasteiger partial charge in [-0.2, -0.15) is 0 Å². The van der Waals surface area contributed by atoms with Crippen LogP contribution in [0.25, 0.3) is 0 Å². The minimum absolute atomic E-state index is 0.314. The van der Waals surface area contributed by atoms with Crippen molar-refractivity contribution >= 4 is 0 Å². The van der Waals surface area contributed by atoms with E-state index in [0.29, 0.717) is 12.1 Å². The number of hydrogen-bond acceptors (Lipinski definition) is 3. The number of rotatable bonds is 6. The highest BCUT2D eigenvalue weighted by atomic mass is 16.5. The molecule has 1 aromatic heterocycles. The van der Waals surface area contributed by atoms with Gasteiger partial charge in [-0.1, -0.05) is 6.07 Å². The van der Waals surface area contributed by atoms with Crippen LogP contribution in [0.15, 0.2) is 18.3 Å². The van der Waals surface area contributed by atoms with Crippen molar-refractivity contribution in [3.05, 3.63) is 29.6 Å². The molecule has 1 heterocycles. The highest BCUT2D eigenvalue weighted by Crippen LogP contribution is 2.18. The Labute approximate surface area is 98.2 Å². The molecule has 0 fully saturated rings. The first kappa shape index (κ1) is 13.1. The minimum atomic E-state index is 0.314. The van der Waals surface area contributed by atoms with Crippen LogP contribution in [-0.4, -0.2) is 25.2 Å². The van der Waals surface area contributed by atoms with Gasteiger partial charge in [-0.15, -0.1) is 0 Å². The molecule has 1 N–H and O–H groups in total. The molecule has 0 saturated carbocycles. The number of aryl methyl sites for hydroxylation is 1. The topological polar surface area (TPSA) is 34.1 Å². The summed E-state index contributed by atoms with van der Waals surface area (Å²) in [5.41, 5.74) is 2.31. The SMILES string of the molecule is CNC(CCC(C)OC)c1ccc(C)nc1. The lowest BCUT2D eigenvalue weighted by Crippen LogP contribution is -2.18. The van der Waals surface area contributed by atoms with Crippen molar-refractivity contribution in [1.29, 1.82) is 0 Å². The third kappa shape index (κ3) is 3.91. The molecule has 0 radical (unpaired) electrons. The van der Waals surface area contributed by atoms with Gasteiger partial charge in [0, 0.05) is 25.0 Å². The van der Waals surface area contributed by atoms with Gasteiger partial charge < -0.3 is 10.1 Å². The molecule has 0 bridgehead atoms. The standard InChI is InChI=1S/C13H22N2O/c1-10-5-7-12(9-15-10)13(14-3)8-6-11(2)16-4/h5,7,9,11,13-14H,6,8H2,1-4H3. The van der Waals surface area contributed by atoms with Gasteiger partial charge in [-0.25, -0.2) is 0 Å². The molecule has 90 valence electrons. The number of ether oxygens (including phenoxy) is 1. The van der Waals surface area contributed by atoms with Crippen LogP contribution in [0.2, 0.25) is 0 Å². The van der Waals surface area contributed by atoms with E-state index in [9.17, 15) is 0 Å². The van der Waals surface area contributed by atoms with Crippen molar-refractivity contribution < 1.29 is 4.74 Å². The zero-order chi connectivity index (χ0) is 12.0. The summed E-state index contributed by atoms with van der Waals surface area (Å²) in [5, 5.41) is 3.32. The molecular formula is C13H22N2O. The summed E-state index contributed by atoms with van der Waals surface area (Å²) < 4.78 is 5.26. The van der Waals surface area contributed by atoms with Crippen molar-refractivity contribution in [1.82, 2.24) is 10.3 Å². The van der Waals surface area contributed by atoms with E-state index in [1.165, 1.54) is 5.56 Å². The van der Waals surface area contributed by atoms with Gasteiger partial charge in [0.25, 0.3) is 0 Å². The van der Waals surface area contributed by atoms with Gasteiger partial charge in [0.2, 0.25) is 0 Å². The van der Waals surface area contributed by atoms with Crippen LogP contribution in [0.3, 0.4) is 0 Å². The van der Waals surface area contributed by atoms with Crippen LogP contribution in [0, 0.1) is 6.92 Å². The van der Waals surface area contributed by atoms with Gasteiger partial charge in [0.05, 0.1) is 6.10 Å². The van der Waals surface area contributed by atoms with Gasteiger partial charge in [0.15, 0.2) is 0 Å². The molecular weight excluding hydrogens is 200 g/mol. The largest absolute Gasteiger partial charge is 0.382 e. The molecule has 0 saturated heterocycles. The average Bonchev–Trinajstić information content (AvgIpc) is 2.31. The fourth-order valence-electron chi connectivity index (χ4n) is 1.68. The summed E-state index contributed by atoms with van der Waals surface area (Å²) in [7, 11) is 3.74. The Morgan fingerprint density at radius 2 is 2.12 bits per heavy atom. The second-order valence-electron chi connectivity index (χ2n) is 4.20. The van der Waals surface area contributed by atoms with E-state index in [-0.39, 0.29) is 0 Å². The number of methoxy groups -OCH3 is 1. The van der Waals surface area contributed by atoms with Crippen molar-refractivity contribution in [3.63, 3.8) is 0 Å². The predicted octanol–water partition coefficient (Wildman–Crippen LogP) is 2.47. The maximum absolute atomic E-state index is 5.26. The molecule has 2 atom stereocenters. The lowest BCUT2D eigenvalue weighted by Gasteiger charge is -2.18. The van der Waals surface area contributed by atoms with E-state index in [4.69, 9.17) is 4.74 Å². The lowest BCUT2D eigenvalue weighted by atomic mass is 10.0. The van der Waals surface area contributed by atoms with Gasteiger partial charge in [0.1, 0.15) is 0 Å². The van der Waals surface area contributed by atoms with Crippen LogP contribution in [0.1, 0.15) is 37.1 Å². The predicted molar refractivity (Wildman–Crippen MR) is 66.5 cm³/mol. The van der Waals surface area contributed by atoms with E-state index in [2.05, 4.69) is 29.4 Å². The molecule has 0 spiro atoms. The molecule has 0 aliphatic rings. The smallest absolute Gasteiger partial charge is 0.0543 e. The van der Waals surface area contributed by atoms with E-state index < -0.39 is 0 Å². The normalized spacial score (nSPS) is 14.8. The molecule has 0 aromatic carbocycles. The van der Waals surface area contributed by atoms with Crippen LogP contribution >= 0.6 is 0 Å². The van der Waals surface area contributed by atoms with Gasteiger partial charge in [-0.3, -0.25) is 4.98 Å². The Morgan fingerprint density at radius 3 is 2.62 bits per heavy atom. The Balaban J connectivity index is 2.57. The molecule has 1 rings (SSSR count). The first-order valence-electron chi connectivity index (χ1n) is 5.80. The summed E-state index contributed by atoms with van der Waals surface area (Å²) in [6.45, 7) is 4.10. The third-order valence-electron chi connectivity index (χ3n) is 2.95. The van der Waals surface area contributed by atoms with E-state index >= 15 is 0 Å². The Morgan fingerprint density at radius 1 is 1.38 bits per heavy atom. The highest BCUT2D eigenvalue weighted by molar-refractivity contribution is 5.17. The molecule has 16 heavy (non-hydrogen) atoms. The monoisotopic (exact) mass is 222 g/mol. The summed E-state index contributed by atoms with van der Waals surface area (Å²) in [6, 6.07) is 4.56. The van der Waals surface area contributed by atoms with E-state index in [0.717, 1.165) is 18.5 Å². The second-order valence-corrected chi connectivity index (χ2v) is 4.20. The molecule has 0 amide bonds. The van der Waals surface area contributed by atoms with Gasteiger partial charge >= 0.3 is 0 Å². The molecule has 2 unspecified atom stereocenters. The minimum Gasteiger partial charge on any atom is -0.382 e. The van der Waals surface area contributed by atoms with E-state index in [1.54, 1.807) is 7.11 Å². The summed E-state index contributed by atoms with van der Waals surface area (Å²) >= 11 is 0. The highest BCUT2D eigenvalue weighted by Gasteiger charge is 2.11. The Hall–Kier alpha value is -0.930. The first-order valence-corrected chi connectivity index (χ1v) is 5.80. The number of aromatic nitrogens is 1. The van der Waals surface area contributed by atoms with Crippen molar-refractivity contribution in [2.75, 3.05) is 14.2 Å². The summed E-state index contributed by atoms with van der Waals surface area (Å²) in [5.74, 6) is 0. The number of nitrogens with zero attached hydrogens (tertiary/aromatic N) is 1. The quantitative estimate of drug-likeness (QED) is 0.803. The Bertz CT molecular complexity index is 297. The molecule has 1 aromatic rings. The molecule has 3 heteroatoms. The maximum atomic E-state index is 5.26. The lowest BCUT2D eigenvalue weighted by molar-refractivity contribution is 0.106.